The molecule has 3 N–H and O–H groups in total. The maximum absolute atomic E-state index is 12.7. The average Bonchev–Trinajstić information content (AvgIpc) is 2.24. The molecule has 0 amide bonds. The number of rotatable bonds is 4. The lowest BCUT2D eigenvalue weighted by Gasteiger charge is -2.15. The van der Waals surface area contributed by atoms with E-state index in [-0.39, 0.29) is 6.07 Å². The van der Waals surface area contributed by atoms with E-state index in [1.807, 2.05) is 0 Å². The van der Waals surface area contributed by atoms with Gasteiger partial charge in [-0.1, -0.05) is 0 Å². The molecule has 0 aromatic carbocycles. The molecule has 0 aliphatic rings. The van der Waals surface area contributed by atoms with Gasteiger partial charge in [-0.25, -0.2) is 18.6 Å². The van der Waals surface area contributed by atoms with Crippen molar-refractivity contribution in [3.05, 3.63) is 23.0 Å². The van der Waals surface area contributed by atoms with E-state index in [1.165, 1.54) is 0 Å². The molecule has 0 saturated carbocycles. The predicted octanol–water partition coefficient (Wildman–Crippen LogP) is 2.07. The van der Waals surface area contributed by atoms with Crippen LogP contribution in [0.15, 0.2) is 6.07 Å². The van der Waals surface area contributed by atoms with Crippen molar-refractivity contribution in [2.24, 2.45) is 5.73 Å². The molecule has 10 heteroatoms. The van der Waals surface area contributed by atoms with E-state index in [4.69, 9.17) is 10.8 Å². The van der Waals surface area contributed by atoms with Crippen molar-refractivity contribution in [1.29, 1.82) is 0 Å². The van der Waals surface area contributed by atoms with Gasteiger partial charge in [0.05, 0.1) is 11.3 Å². The Morgan fingerprint density at radius 3 is 2.42 bits per heavy atom. The first-order valence-corrected chi connectivity index (χ1v) is 4.66. The normalized spacial score (nSPS) is 11.7. The third-order valence-corrected chi connectivity index (χ3v) is 1.96. The molecule has 0 aliphatic heterocycles. The summed E-state index contributed by atoms with van der Waals surface area (Å²) in [5.41, 5.74) is 2.35. The van der Waals surface area contributed by atoms with Crippen molar-refractivity contribution in [3.8, 4) is 5.75 Å². The van der Waals surface area contributed by atoms with Crippen LogP contribution in [0, 0.1) is 0 Å². The van der Waals surface area contributed by atoms with Crippen LogP contribution in [0.5, 0.6) is 5.75 Å². The molecular formula is C9H7F5N2O3. The van der Waals surface area contributed by atoms with E-state index in [0.717, 1.165) is 0 Å². The summed E-state index contributed by atoms with van der Waals surface area (Å²) in [4.78, 5) is 13.9. The summed E-state index contributed by atoms with van der Waals surface area (Å²) in [6.45, 7) is -0.658. The molecule has 0 saturated heterocycles. The van der Waals surface area contributed by atoms with Crippen LogP contribution in [-0.2, 0) is 6.54 Å². The first-order valence-electron chi connectivity index (χ1n) is 4.66. The Morgan fingerprint density at radius 1 is 1.47 bits per heavy atom. The summed E-state index contributed by atoms with van der Waals surface area (Å²) < 4.78 is 65.0. The van der Waals surface area contributed by atoms with Gasteiger partial charge < -0.3 is 15.6 Å². The van der Waals surface area contributed by atoms with Crippen molar-refractivity contribution in [1.82, 2.24) is 4.98 Å². The number of alkyl halides is 5. The average molecular weight is 286 g/mol. The van der Waals surface area contributed by atoms with Gasteiger partial charge >= 0.3 is 12.3 Å². The van der Waals surface area contributed by atoms with Crippen molar-refractivity contribution in [2.45, 2.75) is 19.3 Å². The quantitative estimate of drug-likeness (QED) is 0.828. The van der Waals surface area contributed by atoms with Gasteiger partial charge in [0.15, 0.2) is 5.69 Å². The second-order valence-electron chi connectivity index (χ2n) is 3.22. The number of halogens is 5. The summed E-state index contributed by atoms with van der Waals surface area (Å²) in [7, 11) is 0. The number of carboxylic acids is 1. The van der Waals surface area contributed by atoms with Crippen molar-refractivity contribution < 1.29 is 36.6 Å². The van der Waals surface area contributed by atoms with Crippen molar-refractivity contribution in [2.75, 3.05) is 0 Å². The lowest BCUT2D eigenvalue weighted by molar-refractivity contribution is -0.275. The second kappa shape index (κ2) is 5.34. The topological polar surface area (TPSA) is 85.4 Å². The monoisotopic (exact) mass is 286 g/mol. The molecule has 1 heterocycles. The Morgan fingerprint density at radius 2 is 2.05 bits per heavy atom. The number of carboxylic acid groups (broad SMARTS) is 1. The van der Waals surface area contributed by atoms with E-state index in [2.05, 4.69) is 9.72 Å². The number of aromatic carboxylic acids is 1. The van der Waals surface area contributed by atoms with E-state index in [0.29, 0.717) is 0 Å². The molecule has 19 heavy (non-hydrogen) atoms. The Kier molecular flexibility index (Phi) is 4.24. The molecule has 5 nitrogen and oxygen atoms in total. The Labute approximate surface area is 102 Å². The van der Waals surface area contributed by atoms with Crippen LogP contribution < -0.4 is 10.5 Å². The minimum atomic E-state index is -5.24. The summed E-state index contributed by atoms with van der Waals surface area (Å²) in [5.74, 6) is -3.02. The van der Waals surface area contributed by atoms with E-state index in [9.17, 15) is 26.7 Å². The minimum absolute atomic E-state index is 0.274. The van der Waals surface area contributed by atoms with Crippen LogP contribution in [0.1, 0.15) is 28.2 Å². The van der Waals surface area contributed by atoms with Gasteiger partial charge in [0.25, 0.3) is 6.43 Å². The summed E-state index contributed by atoms with van der Waals surface area (Å²) in [6.07, 6.45) is -8.58. The Balaban J connectivity index is 3.45. The molecule has 0 aliphatic carbocycles. The smallest absolute Gasteiger partial charge is 0.477 e. The van der Waals surface area contributed by atoms with Gasteiger partial charge in [-0.3, -0.25) is 0 Å². The summed E-state index contributed by atoms with van der Waals surface area (Å²) in [5, 5.41) is 8.63. The van der Waals surface area contributed by atoms with E-state index in [1.54, 1.807) is 0 Å². The second-order valence-corrected chi connectivity index (χ2v) is 3.22. The number of hydrogen-bond donors (Lipinski definition) is 2. The number of nitrogens with zero attached hydrogens (tertiary/aromatic N) is 1. The Hall–Kier alpha value is -1.97. The fourth-order valence-corrected chi connectivity index (χ4v) is 1.29. The van der Waals surface area contributed by atoms with Gasteiger partial charge in [-0.05, 0) is 0 Å². The molecule has 0 bridgehead atoms. The third-order valence-electron chi connectivity index (χ3n) is 1.96. The summed E-state index contributed by atoms with van der Waals surface area (Å²) >= 11 is 0. The first-order chi connectivity index (χ1) is 8.65. The third kappa shape index (κ3) is 3.74. The van der Waals surface area contributed by atoms with Crippen LogP contribution in [0.2, 0.25) is 0 Å². The van der Waals surface area contributed by atoms with E-state index >= 15 is 0 Å². The predicted molar refractivity (Wildman–Crippen MR) is 50.7 cm³/mol. The molecule has 0 atom stereocenters. The van der Waals surface area contributed by atoms with Gasteiger partial charge in [0.2, 0.25) is 0 Å². The standard InChI is InChI=1S/C9H7F5N2O3/c10-7(11)6-4(2-15)16-3(8(17)18)1-5(6)19-9(12,13)14/h1,7H,2,15H2,(H,17,18). The highest BCUT2D eigenvalue weighted by Crippen LogP contribution is 2.35. The number of pyridine rings is 1. The number of carbonyl (C=O) groups is 1. The zero-order valence-corrected chi connectivity index (χ0v) is 9.04. The van der Waals surface area contributed by atoms with Gasteiger partial charge in [-0.2, -0.15) is 0 Å². The molecule has 0 unspecified atom stereocenters. The molecule has 1 rings (SSSR count). The number of ether oxygens (including phenoxy) is 1. The van der Waals surface area contributed by atoms with Crippen LogP contribution >= 0.6 is 0 Å². The highest BCUT2D eigenvalue weighted by atomic mass is 19.4. The van der Waals surface area contributed by atoms with Gasteiger partial charge in [0, 0.05) is 12.6 Å². The molecule has 0 radical (unpaired) electrons. The summed E-state index contributed by atoms with van der Waals surface area (Å²) in [6, 6.07) is 0.274. The SMILES string of the molecule is NCc1nc(C(=O)O)cc(OC(F)(F)F)c1C(F)F. The van der Waals surface area contributed by atoms with Gasteiger partial charge in [0.1, 0.15) is 5.75 Å². The largest absolute Gasteiger partial charge is 0.573 e. The van der Waals surface area contributed by atoms with Crippen LogP contribution in [-0.4, -0.2) is 22.4 Å². The fraction of sp³-hybridized carbons (Fsp3) is 0.333. The molecule has 1 aromatic rings. The molecule has 1 aromatic heterocycles. The van der Waals surface area contributed by atoms with E-state index < -0.39 is 48.0 Å². The van der Waals surface area contributed by atoms with Crippen molar-refractivity contribution >= 4 is 5.97 Å². The van der Waals surface area contributed by atoms with Crippen LogP contribution in [0.3, 0.4) is 0 Å². The first kappa shape index (κ1) is 15.1. The Bertz CT molecular complexity index is 489. The lowest BCUT2D eigenvalue weighted by Crippen LogP contribution is -2.20. The molecular weight excluding hydrogens is 279 g/mol. The van der Waals surface area contributed by atoms with Crippen molar-refractivity contribution in [3.63, 3.8) is 0 Å². The fourth-order valence-electron chi connectivity index (χ4n) is 1.29. The number of nitrogens with two attached hydrogens (primary N) is 1. The highest BCUT2D eigenvalue weighted by molar-refractivity contribution is 5.86. The molecule has 0 spiro atoms. The molecule has 0 fully saturated rings. The molecule has 106 valence electrons. The highest BCUT2D eigenvalue weighted by Gasteiger charge is 2.35. The number of hydrogen-bond acceptors (Lipinski definition) is 4. The van der Waals surface area contributed by atoms with Crippen LogP contribution in [0.25, 0.3) is 0 Å². The zero-order chi connectivity index (χ0) is 14.8. The maximum Gasteiger partial charge on any atom is 0.573 e. The minimum Gasteiger partial charge on any atom is -0.477 e. The number of aromatic nitrogens is 1. The van der Waals surface area contributed by atoms with Crippen LogP contribution in [0.4, 0.5) is 22.0 Å². The maximum atomic E-state index is 12.7. The lowest BCUT2D eigenvalue weighted by atomic mass is 10.1. The zero-order valence-electron chi connectivity index (χ0n) is 9.04. The van der Waals surface area contributed by atoms with Gasteiger partial charge in [-0.15, -0.1) is 13.2 Å².